The van der Waals surface area contributed by atoms with Crippen molar-refractivity contribution in [3.8, 4) is 5.69 Å². The number of amides is 1. The third-order valence-electron chi connectivity index (χ3n) is 6.39. The van der Waals surface area contributed by atoms with Gasteiger partial charge in [-0.3, -0.25) is 4.79 Å². The zero-order chi connectivity index (χ0) is 24.0. The van der Waals surface area contributed by atoms with Crippen molar-refractivity contribution in [1.82, 2.24) is 19.2 Å². The van der Waals surface area contributed by atoms with Crippen molar-refractivity contribution in [3.05, 3.63) is 83.9 Å². The van der Waals surface area contributed by atoms with E-state index >= 15 is 0 Å². The van der Waals surface area contributed by atoms with Crippen LogP contribution in [0.1, 0.15) is 36.2 Å². The number of para-hydroxylation sites is 1. The van der Waals surface area contributed by atoms with Crippen LogP contribution >= 0.6 is 0 Å². The fourth-order valence-corrected chi connectivity index (χ4v) is 6.08. The first-order valence-corrected chi connectivity index (χ1v) is 13.4. The van der Waals surface area contributed by atoms with Crippen molar-refractivity contribution in [2.24, 2.45) is 5.92 Å². The van der Waals surface area contributed by atoms with Crippen LogP contribution in [0, 0.1) is 12.8 Å². The first kappa shape index (κ1) is 24.2. The number of hydrogen-bond donors (Lipinski definition) is 1. The Morgan fingerprint density at radius 3 is 2.65 bits per heavy atom. The molecule has 34 heavy (non-hydrogen) atoms. The number of aryl methyl sites for hydroxylation is 2. The maximum absolute atomic E-state index is 13.0. The summed E-state index contributed by atoms with van der Waals surface area (Å²) in [4.78, 5) is 17.2. The molecular formula is C26H32N4O3S. The minimum absolute atomic E-state index is 0.0960. The summed E-state index contributed by atoms with van der Waals surface area (Å²) in [5.74, 6) is 0.550. The Labute approximate surface area is 201 Å². The van der Waals surface area contributed by atoms with Crippen LogP contribution in [0.15, 0.2) is 67.0 Å². The molecule has 0 bridgehead atoms. The number of rotatable bonds is 9. The van der Waals surface area contributed by atoms with Gasteiger partial charge in [-0.15, -0.1) is 0 Å². The normalized spacial score (nSPS) is 16.9. The lowest BCUT2D eigenvalue weighted by Crippen LogP contribution is -2.46. The Hall–Kier alpha value is -2.97. The van der Waals surface area contributed by atoms with E-state index in [0.717, 1.165) is 29.1 Å². The number of hydrogen-bond acceptors (Lipinski definition) is 4. The highest BCUT2D eigenvalue weighted by molar-refractivity contribution is 7.89. The van der Waals surface area contributed by atoms with Gasteiger partial charge < -0.3 is 9.88 Å². The second-order valence-electron chi connectivity index (χ2n) is 8.79. The minimum Gasteiger partial charge on any atom is -0.352 e. The van der Waals surface area contributed by atoms with Gasteiger partial charge in [0.1, 0.15) is 5.82 Å². The molecule has 180 valence electrons. The van der Waals surface area contributed by atoms with Gasteiger partial charge in [-0.2, -0.15) is 0 Å². The standard InChI is InChI=1S/C26H32N4O3S/c1-21-27-15-17-30(21)25-14-6-5-12-23(25)19-28-26(31)24-13-7-16-29(20-24)34(32,33)18-8-11-22-9-3-2-4-10-22/h2-6,9-10,12,14-15,17,24H,7-8,11,13,16,18-20H2,1H3,(H,28,31). The fourth-order valence-electron chi connectivity index (χ4n) is 4.50. The van der Waals surface area contributed by atoms with E-state index in [1.807, 2.05) is 72.3 Å². The van der Waals surface area contributed by atoms with Crippen LogP contribution in [0.5, 0.6) is 0 Å². The SMILES string of the molecule is Cc1nccn1-c1ccccc1CNC(=O)C1CCCN(S(=O)(=O)CCCc2ccccc2)C1. The molecule has 2 heterocycles. The van der Waals surface area contributed by atoms with Gasteiger partial charge in [0.25, 0.3) is 0 Å². The number of carbonyl (C=O) groups is 1. The van der Waals surface area contributed by atoms with E-state index in [9.17, 15) is 13.2 Å². The lowest BCUT2D eigenvalue weighted by Gasteiger charge is -2.31. The van der Waals surface area contributed by atoms with Crippen LogP contribution in [0.4, 0.5) is 0 Å². The molecule has 1 saturated heterocycles. The van der Waals surface area contributed by atoms with Crippen LogP contribution in [0.2, 0.25) is 0 Å². The van der Waals surface area contributed by atoms with Gasteiger partial charge in [0.15, 0.2) is 0 Å². The maximum Gasteiger partial charge on any atom is 0.224 e. The van der Waals surface area contributed by atoms with Gasteiger partial charge in [-0.1, -0.05) is 48.5 Å². The van der Waals surface area contributed by atoms with Crippen LogP contribution in [-0.4, -0.2) is 47.0 Å². The van der Waals surface area contributed by atoms with Gasteiger partial charge in [-0.05, 0) is 49.8 Å². The number of sulfonamides is 1. The van der Waals surface area contributed by atoms with Crippen molar-refractivity contribution in [3.63, 3.8) is 0 Å². The van der Waals surface area contributed by atoms with Crippen molar-refractivity contribution in [2.45, 2.75) is 39.2 Å². The summed E-state index contributed by atoms with van der Waals surface area (Å²) in [6.45, 7) is 3.06. The molecule has 1 N–H and O–H groups in total. The molecule has 0 saturated carbocycles. The highest BCUT2D eigenvalue weighted by Gasteiger charge is 2.32. The predicted molar refractivity (Wildman–Crippen MR) is 133 cm³/mol. The zero-order valence-corrected chi connectivity index (χ0v) is 20.4. The molecule has 0 radical (unpaired) electrons. The molecule has 1 unspecified atom stereocenters. The highest BCUT2D eigenvalue weighted by Crippen LogP contribution is 2.21. The van der Waals surface area contributed by atoms with E-state index in [1.54, 1.807) is 6.20 Å². The predicted octanol–water partition coefficient (Wildman–Crippen LogP) is 3.47. The van der Waals surface area contributed by atoms with Crippen LogP contribution < -0.4 is 5.32 Å². The largest absolute Gasteiger partial charge is 0.352 e. The molecule has 1 aliphatic rings. The van der Waals surface area contributed by atoms with Gasteiger partial charge in [-0.25, -0.2) is 17.7 Å². The van der Waals surface area contributed by atoms with E-state index in [2.05, 4.69) is 10.3 Å². The third-order valence-corrected chi connectivity index (χ3v) is 8.31. The molecule has 0 aliphatic carbocycles. The van der Waals surface area contributed by atoms with E-state index in [1.165, 1.54) is 4.31 Å². The zero-order valence-electron chi connectivity index (χ0n) is 19.6. The van der Waals surface area contributed by atoms with Crippen molar-refractivity contribution in [2.75, 3.05) is 18.8 Å². The van der Waals surface area contributed by atoms with Crippen LogP contribution in [0.3, 0.4) is 0 Å². The lowest BCUT2D eigenvalue weighted by molar-refractivity contribution is -0.126. The van der Waals surface area contributed by atoms with E-state index < -0.39 is 10.0 Å². The molecule has 1 atom stereocenters. The quantitative estimate of drug-likeness (QED) is 0.508. The second kappa shape index (κ2) is 11.0. The van der Waals surface area contributed by atoms with Gasteiger partial charge >= 0.3 is 0 Å². The minimum atomic E-state index is -3.39. The molecule has 1 amide bonds. The van der Waals surface area contributed by atoms with Crippen LogP contribution in [0.25, 0.3) is 5.69 Å². The Morgan fingerprint density at radius 1 is 1.12 bits per heavy atom. The average molecular weight is 481 g/mol. The average Bonchev–Trinajstić information content (AvgIpc) is 3.29. The Kier molecular flexibility index (Phi) is 7.80. The summed E-state index contributed by atoms with van der Waals surface area (Å²) >= 11 is 0. The van der Waals surface area contributed by atoms with Crippen molar-refractivity contribution in [1.29, 1.82) is 0 Å². The number of imidazole rings is 1. The molecule has 1 aliphatic heterocycles. The Morgan fingerprint density at radius 2 is 1.88 bits per heavy atom. The number of carbonyl (C=O) groups excluding carboxylic acids is 1. The third kappa shape index (κ3) is 5.93. The summed E-state index contributed by atoms with van der Waals surface area (Å²) in [5.41, 5.74) is 3.10. The maximum atomic E-state index is 13.0. The van der Waals surface area contributed by atoms with Crippen molar-refractivity contribution >= 4 is 15.9 Å². The first-order chi connectivity index (χ1) is 16.4. The Bertz CT molecular complexity index is 1210. The monoisotopic (exact) mass is 480 g/mol. The fraction of sp³-hybridized carbons (Fsp3) is 0.385. The topological polar surface area (TPSA) is 84.3 Å². The van der Waals surface area contributed by atoms with Gasteiger partial charge in [0.2, 0.25) is 15.9 Å². The molecule has 4 rings (SSSR count). The van der Waals surface area contributed by atoms with E-state index in [4.69, 9.17) is 0 Å². The summed E-state index contributed by atoms with van der Waals surface area (Å²) in [6, 6.07) is 17.8. The molecule has 3 aromatic rings. The second-order valence-corrected chi connectivity index (χ2v) is 10.9. The summed E-state index contributed by atoms with van der Waals surface area (Å²) < 4.78 is 29.3. The van der Waals surface area contributed by atoms with E-state index in [0.29, 0.717) is 32.4 Å². The highest BCUT2D eigenvalue weighted by atomic mass is 32.2. The van der Waals surface area contributed by atoms with E-state index in [-0.39, 0.29) is 24.1 Å². The molecule has 1 aromatic heterocycles. The smallest absolute Gasteiger partial charge is 0.224 e. The molecule has 0 spiro atoms. The van der Waals surface area contributed by atoms with Gasteiger partial charge in [0, 0.05) is 32.0 Å². The van der Waals surface area contributed by atoms with Crippen LogP contribution in [-0.2, 0) is 27.8 Å². The molecule has 1 fully saturated rings. The number of nitrogens with zero attached hydrogens (tertiary/aromatic N) is 3. The first-order valence-electron chi connectivity index (χ1n) is 11.8. The van der Waals surface area contributed by atoms with Gasteiger partial charge in [0.05, 0.1) is 17.4 Å². The van der Waals surface area contributed by atoms with Crippen molar-refractivity contribution < 1.29 is 13.2 Å². The number of nitrogens with one attached hydrogen (secondary N) is 1. The Balaban J connectivity index is 1.33. The number of piperidine rings is 1. The summed E-state index contributed by atoms with van der Waals surface area (Å²) in [6.07, 6.45) is 6.35. The lowest BCUT2D eigenvalue weighted by atomic mass is 9.98. The summed E-state index contributed by atoms with van der Waals surface area (Å²) in [7, 11) is -3.39. The number of aromatic nitrogens is 2. The molecule has 8 heteroatoms. The molecule has 7 nitrogen and oxygen atoms in total. The number of benzene rings is 2. The summed E-state index contributed by atoms with van der Waals surface area (Å²) in [5, 5.41) is 3.03. The molecular weight excluding hydrogens is 448 g/mol. The molecule has 2 aromatic carbocycles.